The fourth-order valence-corrected chi connectivity index (χ4v) is 0.565. The molecule has 0 saturated carbocycles. The van der Waals surface area contributed by atoms with E-state index in [2.05, 4.69) is 6.58 Å². The van der Waals surface area contributed by atoms with E-state index in [1.807, 2.05) is 0 Å². The van der Waals surface area contributed by atoms with Gasteiger partial charge in [0.2, 0.25) is 0 Å². The minimum Gasteiger partial charge on any atom is -0.232 e. The Bertz CT molecular complexity index is 63.0. The van der Waals surface area contributed by atoms with Gasteiger partial charge in [0.15, 0.2) is 3.68 Å². The Hall–Kier alpha value is 0.400. The molecule has 1 unspecified atom stereocenters. The third-order valence-electron chi connectivity index (χ3n) is 0.503. The van der Waals surface area contributed by atoms with Crippen LogP contribution in [0.3, 0.4) is 0 Å². The number of hydrogen-bond donors (Lipinski definition) is 0. The van der Waals surface area contributed by atoms with Crippen molar-refractivity contribution in [2.45, 2.75) is 17.0 Å². The summed E-state index contributed by atoms with van der Waals surface area (Å²) in [5, 5.41) is 0. The molecule has 1 atom stereocenters. The average Bonchev–Trinajstić information content (AvgIpc) is 1.30. The first kappa shape index (κ1) is 7.40. The van der Waals surface area contributed by atoms with E-state index in [1.165, 1.54) is 6.92 Å². The maximum atomic E-state index is 12.3. The molecule has 0 nitrogen and oxygen atoms in total. The largest absolute Gasteiger partial charge is 0.232 e. The van der Waals surface area contributed by atoms with E-state index < -0.39 is 3.68 Å². The first-order chi connectivity index (χ1) is 3.06. The topological polar surface area (TPSA) is 0 Å². The quantitative estimate of drug-likeness (QED) is 0.376. The standard InChI is InChI=1S/C5H8FI/c1-3-4-5(2,6)7/h3H,1,4H2,2H3. The molecule has 0 aromatic carbocycles. The fourth-order valence-electron chi connectivity index (χ4n) is 0.253. The molecule has 42 valence electrons. The second-order valence-electron chi connectivity index (χ2n) is 1.56. The summed E-state index contributed by atoms with van der Waals surface area (Å²) in [7, 11) is 0. The van der Waals surface area contributed by atoms with Gasteiger partial charge in [-0.2, -0.15) is 0 Å². The molecule has 0 aliphatic rings. The van der Waals surface area contributed by atoms with Gasteiger partial charge in [-0.15, -0.1) is 6.58 Å². The van der Waals surface area contributed by atoms with Crippen molar-refractivity contribution in [1.82, 2.24) is 0 Å². The second-order valence-corrected chi connectivity index (χ2v) is 3.81. The monoisotopic (exact) mass is 214 g/mol. The molecule has 0 saturated heterocycles. The molecule has 0 amide bonds. The van der Waals surface area contributed by atoms with Gasteiger partial charge in [0, 0.05) is 6.42 Å². The lowest BCUT2D eigenvalue weighted by Crippen LogP contribution is -2.02. The molecular formula is C5H8FI. The molecule has 0 bridgehead atoms. The van der Waals surface area contributed by atoms with Crippen molar-refractivity contribution in [3.63, 3.8) is 0 Å². The molecule has 0 aliphatic carbocycles. The minimum atomic E-state index is -1.10. The Labute approximate surface area is 56.9 Å². The van der Waals surface area contributed by atoms with Crippen LogP contribution in [0.2, 0.25) is 0 Å². The molecule has 0 aliphatic heterocycles. The normalized spacial score (nSPS) is 18.1. The molecule has 0 spiro atoms. The zero-order valence-electron chi connectivity index (χ0n) is 4.25. The van der Waals surface area contributed by atoms with E-state index >= 15 is 0 Å². The van der Waals surface area contributed by atoms with Crippen LogP contribution in [0.4, 0.5) is 4.39 Å². The predicted molar refractivity (Wildman–Crippen MR) is 38.3 cm³/mol. The summed E-state index contributed by atoms with van der Waals surface area (Å²) in [4.78, 5) is 0. The summed E-state index contributed by atoms with van der Waals surface area (Å²) >= 11 is 1.74. The first-order valence-corrected chi connectivity index (χ1v) is 3.13. The van der Waals surface area contributed by atoms with Gasteiger partial charge in [0.05, 0.1) is 0 Å². The number of allylic oxidation sites excluding steroid dienone is 1. The van der Waals surface area contributed by atoms with Crippen LogP contribution in [0.5, 0.6) is 0 Å². The van der Waals surface area contributed by atoms with E-state index in [0.717, 1.165) is 0 Å². The molecule has 0 radical (unpaired) electrons. The van der Waals surface area contributed by atoms with E-state index in [0.29, 0.717) is 6.42 Å². The predicted octanol–water partition coefficient (Wildman–Crippen LogP) is 2.68. The zero-order valence-corrected chi connectivity index (χ0v) is 6.40. The Morgan fingerprint density at radius 3 is 2.43 bits per heavy atom. The van der Waals surface area contributed by atoms with Gasteiger partial charge in [-0.05, 0) is 29.5 Å². The van der Waals surface area contributed by atoms with Crippen LogP contribution < -0.4 is 0 Å². The number of alkyl halides is 2. The zero-order chi connectivity index (χ0) is 5.91. The lowest BCUT2D eigenvalue weighted by Gasteiger charge is -2.05. The van der Waals surface area contributed by atoms with Gasteiger partial charge >= 0.3 is 0 Å². The maximum absolute atomic E-state index is 12.3. The maximum Gasteiger partial charge on any atom is 0.161 e. The van der Waals surface area contributed by atoms with Gasteiger partial charge in [-0.3, -0.25) is 0 Å². The van der Waals surface area contributed by atoms with Crippen molar-refractivity contribution < 1.29 is 4.39 Å². The van der Waals surface area contributed by atoms with Crippen LogP contribution in [0.1, 0.15) is 13.3 Å². The van der Waals surface area contributed by atoms with E-state index in [9.17, 15) is 4.39 Å². The van der Waals surface area contributed by atoms with E-state index in [4.69, 9.17) is 0 Å². The summed E-state index contributed by atoms with van der Waals surface area (Å²) in [5.41, 5.74) is 0. The van der Waals surface area contributed by atoms with Crippen molar-refractivity contribution >= 4 is 22.6 Å². The van der Waals surface area contributed by atoms with Crippen LogP contribution in [0.25, 0.3) is 0 Å². The Kier molecular flexibility index (Phi) is 2.80. The summed E-state index contributed by atoms with van der Waals surface area (Å²) in [6, 6.07) is 0. The van der Waals surface area contributed by atoms with E-state index in [-0.39, 0.29) is 0 Å². The van der Waals surface area contributed by atoms with Crippen LogP contribution in [0, 0.1) is 0 Å². The minimum absolute atomic E-state index is 0.424. The molecule has 2 heteroatoms. The van der Waals surface area contributed by atoms with Crippen LogP contribution in [0.15, 0.2) is 12.7 Å². The number of hydrogen-bond acceptors (Lipinski definition) is 0. The third-order valence-corrected chi connectivity index (χ3v) is 0.943. The summed E-state index contributed by atoms with van der Waals surface area (Å²) in [6.07, 6.45) is 2.00. The molecule has 0 aromatic rings. The molecule has 0 fully saturated rings. The number of rotatable bonds is 2. The highest BCUT2D eigenvalue weighted by atomic mass is 127. The van der Waals surface area contributed by atoms with Gasteiger partial charge < -0.3 is 0 Å². The Balaban J connectivity index is 3.34. The molecule has 0 aromatic heterocycles. The lowest BCUT2D eigenvalue weighted by molar-refractivity contribution is 0.343. The van der Waals surface area contributed by atoms with Crippen LogP contribution in [-0.2, 0) is 0 Å². The SMILES string of the molecule is C=CCC(C)(F)I. The van der Waals surface area contributed by atoms with Crippen molar-refractivity contribution in [2.24, 2.45) is 0 Å². The molecule has 0 rings (SSSR count). The summed E-state index contributed by atoms with van der Waals surface area (Å²) in [6.45, 7) is 4.92. The second kappa shape index (κ2) is 2.64. The fraction of sp³-hybridized carbons (Fsp3) is 0.600. The highest BCUT2D eigenvalue weighted by Crippen LogP contribution is 2.23. The highest BCUT2D eigenvalue weighted by Gasteiger charge is 2.13. The van der Waals surface area contributed by atoms with Gasteiger partial charge in [-0.25, -0.2) is 4.39 Å². The van der Waals surface area contributed by atoms with E-state index in [1.54, 1.807) is 28.7 Å². The third kappa shape index (κ3) is 6.40. The van der Waals surface area contributed by atoms with Crippen molar-refractivity contribution in [1.29, 1.82) is 0 Å². The van der Waals surface area contributed by atoms with Gasteiger partial charge in [-0.1, -0.05) is 6.08 Å². The highest BCUT2D eigenvalue weighted by molar-refractivity contribution is 14.1. The smallest absolute Gasteiger partial charge is 0.161 e. The number of halogens is 2. The van der Waals surface area contributed by atoms with Gasteiger partial charge in [0.1, 0.15) is 0 Å². The van der Waals surface area contributed by atoms with Crippen molar-refractivity contribution in [2.75, 3.05) is 0 Å². The Morgan fingerprint density at radius 2 is 2.43 bits per heavy atom. The first-order valence-electron chi connectivity index (χ1n) is 2.05. The molecule has 0 N–H and O–H groups in total. The molecule has 0 heterocycles. The lowest BCUT2D eigenvalue weighted by atomic mass is 10.3. The van der Waals surface area contributed by atoms with Crippen molar-refractivity contribution in [3.8, 4) is 0 Å². The molecule has 7 heavy (non-hydrogen) atoms. The summed E-state index contributed by atoms with van der Waals surface area (Å²) in [5.74, 6) is 0. The molecular weight excluding hydrogens is 206 g/mol. The van der Waals surface area contributed by atoms with Crippen molar-refractivity contribution in [3.05, 3.63) is 12.7 Å². The van der Waals surface area contributed by atoms with Crippen LogP contribution >= 0.6 is 22.6 Å². The Morgan fingerprint density at radius 1 is 2.00 bits per heavy atom. The van der Waals surface area contributed by atoms with Crippen LogP contribution in [-0.4, -0.2) is 3.68 Å². The summed E-state index contributed by atoms with van der Waals surface area (Å²) < 4.78 is 11.2. The van der Waals surface area contributed by atoms with Gasteiger partial charge in [0.25, 0.3) is 0 Å². The average molecular weight is 214 g/mol.